The fourth-order valence-corrected chi connectivity index (χ4v) is 3.10. The zero-order chi connectivity index (χ0) is 17.0. The molecule has 1 fully saturated rings. The normalized spacial score (nSPS) is 19.4. The molecule has 1 unspecified atom stereocenters. The molecule has 0 spiro atoms. The van der Waals surface area contributed by atoms with Crippen molar-refractivity contribution in [1.82, 2.24) is 10.2 Å². The summed E-state index contributed by atoms with van der Waals surface area (Å²) in [7, 11) is 0. The van der Waals surface area contributed by atoms with E-state index in [9.17, 15) is 0 Å². The zero-order valence-corrected chi connectivity index (χ0v) is 15.1. The second-order valence-corrected chi connectivity index (χ2v) is 7.07. The van der Waals surface area contributed by atoms with Crippen LogP contribution in [0.15, 0.2) is 24.3 Å². The summed E-state index contributed by atoms with van der Waals surface area (Å²) in [5, 5.41) is 13.5. The van der Waals surface area contributed by atoms with Crippen molar-refractivity contribution in [1.29, 1.82) is 0 Å². The monoisotopic (exact) mass is 349 g/mol. The molecular weight excluding hydrogens is 326 g/mol. The molecular formula is C17H23N3O3S. The summed E-state index contributed by atoms with van der Waals surface area (Å²) in [6.45, 7) is 7.28. The summed E-state index contributed by atoms with van der Waals surface area (Å²) >= 11 is 1.56. The van der Waals surface area contributed by atoms with Crippen LogP contribution in [0.4, 0.5) is 5.13 Å². The van der Waals surface area contributed by atoms with Gasteiger partial charge in [0.15, 0.2) is 5.79 Å². The number of hydrogen-bond acceptors (Lipinski definition) is 7. The van der Waals surface area contributed by atoms with Crippen molar-refractivity contribution in [3.05, 3.63) is 24.3 Å². The number of benzene rings is 1. The molecule has 130 valence electrons. The smallest absolute Gasteiger partial charge is 0.226 e. The van der Waals surface area contributed by atoms with Crippen LogP contribution in [0.5, 0.6) is 5.75 Å². The van der Waals surface area contributed by atoms with E-state index in [0.717, 1.165) is 40.8 Å². The molecule has 3 rings (SSSR count). The van der Waals surface area contributed by atoms with Crippen molar-refractivity contribution in [3.63, 3.8) is 0 Å². The lowest BCUT2D eigenvalue weighted by Crippen LogP contribution is -2.24. The van der Waals surface area contributed by atoms with Gasteiger partial charge in [0.05, 0.1) is 0 Å². The minimum absolute atomic E-state index is 0.373. The summed E-state index contributed by atoms with van der Waals surface area (Å²) in [5.41, 5.74) is 1.02. The number of nitrogens with one attached hydrogen (secondary N) is 1. The van der Waals surface area contributed by atoms with Gasteiger partial charge in [-0.3, -0.25) is 0 Å². The van der Waals surface area contributed by atoms with E-state index in [0.29, 0.717) is 6.61 Å². The number of nitrogens with zero attached hydrogens (tertiary/aromatic N) is 2. The maximum absolute atomic E-state index is 5.78. The molecule has 0 aliphatic carbocycles. The number of ether oxygens (including phenoxy) is 3. The van der Waals surface area contributed by atoms with E-state index in [1.165, 1.54) is 0 Å². The van der Waals surface area contributed by atoms with Crippen molar-refractivity contribution in [2.45, 2.75) is 45.7 Å². The summed E-state index contributed by atoms with van der Waals surface area (Å²) < 4.78 is 16.9. The van der Waals surface area contributed by atoms with Gasteiger partial charge in [-0.05, 0) is 44.5 Å². The minimum Gasteiger partial charge on any atom is -0.462 e. The Morgan fingerprint density at radius 3 is 2.75 bits per heavy atom. The lowest BCUT2D eigenvalue weighted by atomic mass is 10.2. The molecule has 1 N–H and O–H groups in total. The van der Waals surface area contributed by atoms with Crippen LogP contribution in [-0.2, 0) is 9.47 Å². The van der Waals surface area contributed by atoms with Crippen molar-refractivity contribution in [2.24, 2.45) is 0 Å². The van der Waals surface area contributed by atoms with Crippen LogP contribution in [0.2, 0.25) is 0 Å². The van der Waals surface area contributed by atoms with Gasteiger partial charge in [-0.15, -0.1) is 10.2 Å². The zero-order valence-electron chi connectivity index (χ0n) is 14.2. The molecule has 1 aliphatic heterocycles. The highest BCUT2D eigenvalue weighted by molar-refractivity contribution is 7.18. The summed E-state index contributed by atoms with van der Waals surface area (Å²) in [4.78, 5) is 0. The molecule has 24 heavy (non-hydrogen) atoms. The highest BCUT2D eigenvalue weighted by Crippen LogP contribution is 2.29. The maximum Gasteiger partial charge on any atom is 0.226 e. The van der Waals surface area contributed by atoms with Crippen LogP contribution in [0.1, 0.15) is 33.6 Å². The number of anilines is 1. The second kappa shape index (κ2) is 7.46. The third kappa shape index (κ3) is 4.43. The molecule has 0 saturated carbocycles. The Morgan fingerprint density at radius 2 is 2.08 bits per heavy atom. The standard InChI is InChI=1S/C17H23N3O3S/c1-4-5-10-18-16-20-19-15(24-16)12-6-8-13(9-7-12)22-14-11-21-17(2,3)23-14/h6-9,14H,4-5,10-11H2,1-3H3,(H,18,20). The first kappa shape index (κ1) is 17.1. The topological polar surface area (TPSA) is 65.5 Å². The van der Waals surface area contributed by atoms with Gasteiger partial charge in [-0.25, -0.2) is 0 Å². The highest BCUT2D eigenvalue weighted by Gasteiger charge is 2.33. The van der Waals surface area contributed by atoms with Gasteiger partial charge >= 0.3 is 0 Å². The molecule has 7 heteroatoms. The minimum atomic E-state index is -0.585. The largest absolute Gasteiger partial charge is 0.462 e. The predicted molar refractivity (Wildman–Crippen MR) is 94.3 cm³/mol. The number of aromatic nitrogens is 2. The summed E-state index contributed by atoms with van der Waals surface area (Å²) in [5.74, 6) is 0.161. The number of rotatable bonds is 7. The Labute approximate surface area is 146 Å². The Morgan fingerprint density at radius 1 is 1.29 bits per heavy atom. The van der Waals surface area contributed by atoms with Gasteiger partial charge in [-0.2, -0.15) is 0 Å². The molecule has 1 atom stereocenters. The third-order valence-electron chi connectivity index (χ3n) is 3.58. The predicted octanol–water partition coefficient (Wildman–Crippen LogP) is 3.90. The van der Waals surface area contributed by atoms with E-state index in [1.54, 1.807) is 11.3 Å². The van der Waals surface area contributed by atoms with Gasteiger partial charge in [0, 0.05) is 12.1 Å². The maximum atomic E-state index is 5.78. The first-order valence-corrected chi connectivity index (χ1v) is 9.03. The van der Waals surface area contributed by atoms with Crippen molar-refractivity contribution < 1.29 is 14.2 Å². The lowest BCUT2D eigenvalue weighted by Gasteiger charge is -2.17. The molecule has 2 heterocycles. The Balaban J connectivity index is 1.58. The SMILES string of the molecule is CCCCNc1nnc(-c2ccc(OC3COC(C)(C)O3)cc2)s1. The molecule has 1 aliphatic rings. The second-order valence-electron chi connectivity index (χ2n) is 6.09. The molecule has 0 amide bonds. The quantitative estimate of drug-likeness (QED) is 0.765. The van der Waals surface area contributed by atoms with Gasteiger partial charge in [0.25, 0.3) is 0 Å². The van der Waals surface area contributed by atoms with Crippen molar-refractivity contribution >= 4 is 16.5 Å². The lowest BCUT2D eigenvalue weighted by molar-refractivity contribution is -0.167. The first-order valence-electron chi connectivity index (χ1n) is 8.22. The Bertz CT molecular complexity index is 657. The van der Waals surface area contributed by atoms with Gasteiger partial charge in [0.2, 0.25) is 11.4 Å². The average molecular weight is 349 g/mol. The number of unbranched alkanes of at least 4 members (excludes halogenated alkanes) is 1. The van der Waals surface area contributed by atoms with E-state index >= 15 is 0 Å². The molecule has 1 saturated heterocycles. The van der Waals surface area contributed by atoms with E-state index in [-0.39, 0.29) is 6.29 Å². The number of hydrogen-bond donors (Lipinski definition) is 1. The Hall–Kier alpha value is -1.70. The Kier molecular flexibility index (Phi) is 5.33. The van der Waals surface area contributed by atoms with E-state index in [1.807, 2.05) is 38.1 Å². The fourth-order valence-electron chi connectivity index (χ4n) is 2.32. The first-order chi connectivity index (χ1) is 11.6. The molecule has 0 radical (unpaired) electrons. The van der Waals surface area contributed by atoms with Crippen LogP contribution >= 0.6 is 11.3 Å². The molecule has 1 aromatic heterocycles. The van der Waals surface area contributed by atoms with E-state index < -0.39 is 5.79 Å². The average Bonchev–Trinajstić information content (AvgIpc) is 3.15. The van der Waals surface area contributed by atoms with E-state index in [4.69, 9.17) is 14.2 Å². The van der Waals surface area contributed by atoms with Gasteiger partial charge in [-0.1, -0.05) is 24.7 Å². The summed E-state index contributed by atoms with van der Waals surface area (Å²) in [6, 6.07) is 7.78. The highest BCUT2D eigenvalue weighted by atomic mass is 32.1. The van der Waals surface area contributed by atoms with Gasteiger partial charge in [0.1, 0.15) is 17.4 Å². The molecule has 6 nitrogen and oxygen atoms in total. The molecule has 0 bridgehead atoms. The van der Waals surface area contributed by atoms with Crippen molar-refractivity contribution in [3.8, 4) is 16.3 Å². The van der Waals surface area contributed by atoms with Crippen LogP contribution < -0.4 is 10.1 Å². The van der Waals surface area contributed by atoms with Crippen LogP contribution in [0.3, 0.4) is 0 Å². The van der Waals surface area contributed by atoms with Gasteiger partial charge < -0.3 is 19.5 Å². The molecule has 2 aromatic rings. The van der Waals surface area contributed by atoms with Crippen LogP contribution in [-0.4, -0.2) is 35.4 Å². The molecule has 1 aromatic carbocycles. The fraction of sp³-hybridized carbons (Fsp3) is 0.529. The summed E-state index contributed by atoms with van der Waals surface area (Å²) in [6.07, 6.45) is 1.92. The van der Waals surface area contributed by atoms with E-state index in [2.05, 4.69) is 22.4 Å². The van der Waals surface area contributed by atoms with Crippen LogP contribution in [0.25, 0.3) is 10.6 Å². The van der Waals surface area contributed by atoms with Crippen molar-refractivity contribution in [2.75, 3.05) is 18.5 Å². The third-order valence-corrected chi connectivity index (χ3v) is 4.51. The van der Waals surface area contributed by atoms with Crippen LogP contribution in [0, 0.1) is 0 Å².